The monoisotopic (exact) mass is 856 g/mol. The second-order valence-electron chi connectivity index (χ2n) is 15.9. The van der Waals surface area contributed by atoms with Crippen molar-refractivity contribution in [2.75, 3.05) is 6.61 Å². The molecule has 3 N–H and O–H groups in total. The molecular weight excluding hydrogens is 767 g/mol. The lowest BCUT2D eigenvalue weighted by Gasteiger charge is -2.24. The zero-order valence-corrected chi connectivity index (χ0v) is 39.4. The maximum Gasteiger partial charge on any atom is 0.306 e. The van der Waals surface area contributed by atoms with Gasteiger partial charge in [0.15, 0.2) is 0 Å². The molecule has 0 aromatic rings. The van der Waals surface area contributed by atoms with Crippen LogP contribution in [0.25, 0.3) is 0 Å². The molecule has 0 fully saturated rings. The van der Waals surface area contributed by atoms with Crippen LogP contribution < -0.4 is 5.32 Å². The number of aliphatic hydroxyl groups is 2. The van der Waals surface area contributed by atoms with E-state index in [0.29, 0.717) is 19.3 Å². The molecule has 0 aliphatic carbocycles. The number of hydrogen-bond acceptors (Lipinski definition) is 5. The van der Waals surface area contributed by atoms with Gasteiger partial charge in [0, 0.05) is 6.42 Å². The molecule has 0 aromatic carbocycles. The van der Waals surface area contributed by atoms with Gasteiger partial charge in [-0.3, -0.25) is 9.59 Å². The zero-order chi connectivity index (χ0) is 45.2. The van der Waals surface area contributed by atoms with E-state index in [-0.39, 0.29) is 31.3 Å². The number of hydrogen-bond donors (Lipinski definition) is 3. The Kier molecular flexibility index (Phi) is 44.9. The van der Waals surface area contributed by atoms with Crippen LogP contribution in [0.5, 0.6) is 0 Å². The van der Waals surface area contributed by atoms with E-state index < -0.39 is 18.2 Å². The average molecular weight is 856 g/mol. The number of rotatable bonds is 41. The number of esters is 1. The summed E-state index contributed by atoms with van der Waals surface area (Å²) < 4.78 is 5.85. The summed E-state index contributed by atoms with van der Waals surface area (Å²) in [7, 11) is 0. The number of allylic oxidation sites excluding steroid dienone is 22. The molecule has 0 radical (unpaired) electrons. The minimum absolute atomic E-state index is 0.00577. The molecule has 62 heavy (non-hydrogen) atoms. The first-order valence-corrected chi connectivity index (χ1v) is 24.5. The van der Waals surface area contributed by atoms with Crippen molar-refractivity contribution in [1.82, 2.24) is 5.32 Å². The van der Waals surface area contributed by atoms with Crippen LogP contribution in [-0.4, -0.2) is 46.9 Å². The van der Waals surface area contributed by atoms with E-state index >= 15 is 0 Å². The van der Waals surface area contributed by atoms with Crippen LogP contribution in [-0.2, 0) is 14.3 Å². The fraction of sp³-hybridized carbons (Fsp3) is 0.571. The van der Waals surface area contributed by atoms with E-state index in [1.807, 2.05) is 60.8 Å². The summed E-state index contributed by atoms with van der Waals surface area (Å²) in [5.74, 6) is -0.636. The molecule has 6 nitrogen and oxygen atoms in total. The van der Waals surface area contributed by atoms with Gasteiger partial charge in [-0.2, -0.15) is 0 Å². The highest BCUT2D eigenvalue weighted by Crippen LogP contribution is 2.16. The van der Waals surface area contributed by atoms with Gasteiger partial charge in [-0.15, -0.1) is 0 Å². The first-order valence-electron chi connectivity index (χ1n) is 24.5. The molecule has 0 bridgehead atoms. The molecule has 0 rings (SSSR count). The number of unbranched alkanes of at least 4 members (excludes halogenated alkanes) is 12. The van der Waals surface area contributed by atoms with E-state index in [0.717, 1.165) is 77.0 Å². The fourth-order valence-electron chi connectivity index (χ4n) is 6.50. The number of ether oxygens (including phenoxy) is 1. The number of carbonyl (C=O) groups is 2. The molecule has 0 saturated carbocycles. The van der Waals surface area contributed by atoms with Gasteiger partial charge < -0.3 is 20.3 Å². The van der Waals surface area contributed by atoms with Crippen molar-refractivity contribution in [3.63, 3.8) is 0 Å². The average Bonchev–Trinajstić information content (AvgIpc) is 3.26. The smallest absolute Gasteiger partial charge is 0.306 e. The number of amides is 1. The van der Waals surface area contributed by atoms with Crippen LogP contribution in [0.4, 0.5) is 0 Å². The fourth-order valence-corrected chi connectivity index (χ4v) is 6.50. The lowest BCUT2D eigenvalue weighted by molar-refractivity contribution is -0.151. The Morgan fingerprint density at radius 1 is 0.500 bits per heavy atom. The second kappa shape index (κ2) is 48.0. The van der Waals surface area contributed by atoms with Crippen LogP contribution in [0, 0.1) is 0 Å². The summed E-state index contributed by atoms with van der Waals surface area (Å²) in [5.41, 5.74) is 0. The molecule has 3 atom stereocenters. The zero-order valence-electron chi connectivity index (χ0n) is 39.4. The quantitative estimate of drug-likeness (QED) is 0.0246. The third-order valence-corrected chi connectivity index (χ3v) is 10.1. The Morgan fingerprint density at radius 2 is 0.952 bits per heavy atom. The van der Waals surface area contributed by atoms with Gasteiger partial charge in [0.25, 0.3) is 0 Å². The Morgan fingerprint density at radius 3 is 1.47 bits per heavy atom. The summed E-state index contributed by atoms with van der Waals surface area (Å²) >= 11 is 0. The topological polar surface area (TPSA) is 95.9 Å². The maximum atomic E-state index is 13.2. The summed E-state index contributed by atoms with van der Waals surface area (Å²) in [6.45, 7) is 6.16. The van der Waals surface area contributed by atoms with Crippen molar-refractivity contribution in [2.24, 2.45) is 0 Å². The maximum absolute atomic E-state index is 13.2. The van der Waals surface area contributed by atoms with Crippen LogP contribution in [0.15, 0.2) is 134 Å². The standard InChI is InChI=1S/C56H89NO5/c1-4-7-10-13-16-19-22-24-26-27-29-31-34-37-40-43-46-49-56(61)62-52(47-44-41-38-35-33-30-28-25-23-20-17-14-11-8-5-2)50-55(60)57-53(51-58)54(59)48-45-42-39-36-32-21-18-15-12-9-6-3/h7-8,10-11,14,16-17,19-20,23-26,28-31,33,35,37-38,40,52-54,58-59H,4-6,9,12-13,15,18,21-22,27,32,34,36,39,41-51H2,1-3H3,(H,57,60)/b10-7-,11-8-,17-14+,19-16-,23-20+,26-24-,28-25-,31-29-,33-30+,38-35+,40-37-. The molecule has 0 heterocycles. The van der Waals surface area contributed by atoms with Gasteiger partial charge >= 0.3 is 5.97 Å². The molecule has 6 heteroatoms. The first-order chi connectivity index (χ1) is 30.5. The highest BCUT2D eigenvalue weighted by atomic mass is 16.5. The number of aliphatic hydroxyl groups excluding tert-OH is 2. The van der Waals surface area contributed by atoms with Crippen LogP contribution in [0.1, 0.15) is 181 Å². The molecule has 0 saturated heterocycles. The Hall–Kier alpha value is -4.00. The molecule has 0 aliphatic rings. The van der Waals surface area contributed by atoms with Gasteiger partial charge in [0.05, 0.1) is 25.2 Å². The van der Waals surface area contributed by atoms with Crippen LogP contribution in [0.2, 0.25) is 0 Å². The predicted molar refractivity (Wildman–Crippen MR) is 268 cm³/mol. The molecule has 1 amide bonds. The Bertz CT molecular complexity index is 1370. The second-order valence-corrected chi connectivity index (χ2v) is 15.9. The van der Waals surface area contributed by atoms with E-state index in [1.54, 1.807) is 0 Å². The van der Waals surface area contributed by atoms with Crippen molar-refractivity contribution in [3.8, 4) is 0 Å². The van der Waals surface area contributed by atoms with Crippen molar-refractivity contribution in [3.05, 3.63) is 134 Å². The normalized spacial score (nSPS) is 14.5. The summed E-state index contributed by atoms with van der Waals surface area (Å²) in [6, 6.07) is -0.746. The third kappa shape index (κ3) is 42.7. The lowest BCUT2D eigenvalue weighted by atomic mass is 10.0. The molecule has 0 spiro atoms. The van der Waals surface area contributed by atoms with Crippen molar-refractivity contribution < 1.29 is 24.5 Å². The largest absolute Gasteiger partial charge is 0.462 e. The van der Waals surface area contributed by atoms with Gasteiger partial charge in [0.2, 0.25) is 5.91 Å². The summed E-state index contributed by atoms with van der Waals surface area (Å²) in [5, 5.41) is 23.7. The Balaban J connectivity index is 4.88. The third-order valence-electron chi connectivity index (χ3n) is 10.1. The minimum Gasteiger partial charge on any atom is -0.462 e. The van der Waals surface area contributed by atoms with E-state index in [2.05, 4.69) is 99.0 Å². The molecular formula is C56H89NO5. The minimum atomic E-state index is -0.826. The van der Waals surface area contributed by atoms with Gasteiger partial charge in [-0.1, -0.05) is 225 Å². The SMILES string of the molecule is CC\C=C/C=C/C=C/C=C\C=C\C=C\CCCC(CC(=O)NC(CO)C(O)CCCCCCCCCCCCC)OC(=O)CCC/C=C\C/C=C\C/C=C\C/C=C\C/C=C\CC. The van der Waals surface area contributed by atoms with E-state index in [9.17, 15) is 19.8 Å². The van der Waals surface area contributed by atoms with Crippen molar-refractivity contribution in [1.29, 1.82) is 0 Å². The van der Waals surface area contributed by atoms with Crippen LogP contribution in [0.3, 0.4) is 0 Å². The van der Waals surface area contributed by atoms with Gasteiger partial charge in [-0.25, -0.2) is 0 Å². The van der Waals surface area contributed by atoms with Gasteiger partial charge in [-0.05, 0) is 77.0 Å². The van der Waals surface area contributed by atoms with E-state index in [1.165, 1.54) is 51.4 Å². The number of nitrogens with one attached hydrogen (secondary N) is 1. The predicted octanol–water partition coefficient (Wildman–Crippen LogP) is 14.7. The molecule has 0 aromatic heterocycles. The van der Waals surface area contributed by atoms with E-state index in [4.69, 9.17) is 4.74 Å². The highest BCUT2D eigenvalue weighted by molar-refractivity contribution is 5.77. The number of carbonyl (C=O) groups excluding carboxylic acids is 2. The summed E-state index contributed by atoms with van der Waals surface area (Å²) in [6.07, 6.45) is 68.0. The molecule has 348 valence electrons. The van der Waals surface area contributed by atoms with Crippen molar-refractivity contribution >= 4 is 11.9 Å². The van der Waals surface area contributed by atoms with Crippen LogP contribution >= 0.6 is 0 Å². The molecule has 3 unspecified atom stereocenters. The lowest BCUT2D eigenvalue weighted by Crippen LogP contribution is -2.46. The summed E-state index contributed by atoms with van der Waals surface area (Å²) in [4.78, 5) is 26.1. The van der Waals surface area contributed by atoms with Gasteiger partial charge in [0.1, 0.15) is 6.10 Å². The van der Waals surface area contributed by atoms with Crippen molar-refractivity contribution in [2.45, 2.75) is 200 Å². The highest BCUT2D eigenvalue weighted by Gasteiger charge is 2.23. The molecule has 0 aliphatic heterocycles. The Labute approximate surface area is 380 Å². The first kappa shape index (κ1) is 58.0.